The fourth-order valence-corrected chi connectivity index (χ4v) is 3.48. The molecule has 0 fully saturated rings. The van der Waals surface area contributed by atoms with Crippen molar-refractivity contribution < 1.29 is 5.11 Å². The van der Waals surface area contributed by atoms with Gasteiger partial charge in [0.2, 0.25) is 0 Å². The van der Waals surface area contributed by atoms with Crippen molar-refractivity contribution in [1.29, 1.82) is 0 Å². The Balaban J connectivity index is 2.93. The summed E-state index contributed by atoms with van der Waals surface area (Å²) in [4.78, 5) is 0. The molecule has 0 atom stereocenters. The van der Waals surface area contributed by atoms with E-state index in [1.165, 1.54) is 5.39 Å². The van der Waals surface area contributed by atoms with E-state index in [0.717, 1.165) is 12.7 Å². The van der Waals surface area contributed by atoms with Crippen molar-refractivity contribution in [1.82, 2.24) is 0 Å². The van der Waals surface area contributed by atoms with E-state index in [1.807, 2.05) is 11.4 Å². The third-order valence-corrected chi connectivity index (χ3v) is 5.04. The van der Waals surface area contributed by atoms with Gasteiger partial charge in [-0.2, -0.15) is 0 Å². The van der Waals surface area contributed by atoms with Gasteiger partial charge in [0.15, 0.2) is 0 Å². The van der Waals surface area contributed by atoms with Gasteiger partial charge < -0.3 is 5.11 Å². The van der Waals surface area contributed by atoms with Crippen LogP contribution < -0.4 is 0 Å². The van der Waals surface area contributed by atoms with E-state index < -0.39 is 0 Å². The Hall–Kier alpha value is 0.190. The number of hydrogen-bond acceptors (Lipinski definition) is 2. The van der Waals surface area contributed by atoms with Crippen molar-refractivity contribution >= 4 is 59.9 Å². The van der Waals surface area contributed by atoms with Crippen LogP contribution in [0.4, 0.5) is 0 Å². The average molecular weight is 355 g/mol. The topological polar surface area (TPSA) is 20.2 Å². The Bertz CT molecular complexity index is 438. The second-order valence-corrected chi connectivity index (χ2v) is 5.17. The molecule has 2 aromatic rings. The molecule has 1 nitrogen and oxygen atoms in total. The molecule has 0 bridgehead atoms. The molecular formula is C8H4BrIOS. The van der Waals surface area contributed by atoms with Crippen LogP contribution in [0.5, 0.6) is 5.75 Å². The predicted molar refractivity (Wildman–Crippen MR) is 63.9 cm³/mol. The molecule has 12 heavy (non-hydrogen) atoms. The van der Waals surface area contributed by atoms with E-state index in [2.05, 4.69) is 38.5 Å². The molecule has 1 heterocycles. The van der Waals surface area contributed by atoms with E-state index in [1.54, 1.807) is 17.4 Å². The van der Waals surface area contributed by atoms with Crippen LogP contribution in [0.2, 0.25) is 0 Å². The molecule has 0 aliphatic heterocycles. The van der Waals surface area contributed by atoms with Crippen molar-refractivity contribution in [3.8, 4) is 5.75 Å². The molecule has 0 aliphatic rings. The quantitative estimate of drug-likeness (QED) is 0.709. The number of thiophene rings is 1. The summed E-state index contributed by atoms with van der Waals surface area (Å²) in [6.45, 7) is 0. The molecule has 1 N–H and O–H groups in total. The number of fused-ring (bicyclic) bond motifs is 1. The Labute approximate surface area is 95.7 Å². The monoisotopic (exact) mass is 354 g/mol. The number of aromatic hydroxyl groups is 1. The lowest BCUT2D eigenvalue weighted by Gasteiger charge is -1.97. The van der Waals surface area contributed by atoms with Crippen molar-refractivity contribution in [2.45, 2.75) is 0 Å². The molecule has 1 aromatic heterocycles. The Morgan fingerprint density at radius 2 is 2.17 bits per heavy atom. The second kappa shape index (κ2) is 3.16. The molecule has 0 saturated carbocycles. The third kappa shape index (κ3) is 1.25. The zero-order chi connectivity index (χ0) is 8.72. The van der Waals surface area contributed by atoms with E-state index in [4.69, 9.17) is 0 Å². The Kier molecular flexibility index (Phi) is 2.31. The lowest BCUT2D eigenvalue weighted by Crippen LogP contribution is -1.72. The maximum Gasteiger partial charge on any atom is 0.130 e. The molecule has 0 unspecified atom stereocenters. The Morgan fingerprint density at radius 1 is 1.42 bits per heavy atom. The second-order valence-electron chi connectivity index (χ2n) is 2.36. The minimum Gasteiger partial charge on any atom is -0.507 e. The summed E-state index contributed by atoms with van der Waals surface area (Å²) in [6, 6.07) is 3.65. The van der Waals surface area contributed by atoms with E-state index in [-0.39, 0.29) is 0 Å². The van der Waals surface area contributed by atoms with Crippen molar-refractivity contribution in [2.24, 2.45) is 0 Å². The van der Waals surface area contributed by atoms with Gasteiger partial charge in [-0.15, -0.1) is 11.3 Å². The number of benzene rings is 1. The third-order valence-electron chi connectivity index (χ3n) is 1.61. The van der Waals surface area contributed by atoms with Crippen molar-refractivity contribution in [2.75, 3.05) is 0 Å². The molecule has 0 amide bonds. The first kappa shape index (κ1) is 8.77. The van der Waals surface area contributed by atoms with Gasteiger partial charge in [0, 0.05) is 15.2 Å². The number of phenolic OH excluding ortho intramolecular Hbond substituents is 1. The van der Waals surface area contributed by atoms with Gasteiger partial charge in [0.25, 0.3) is 0 Å². The van der Waals surface area contributed by atoms with Gasteiger partial charge in [0.05, 0.1) is 8.27 Å². The molecule has 4 heteroatoms. The van der Waals surface area contributed by atoms with Crippen LogP contribution >= 0.6 is 49.9 Å². The van der Waals surface area contributed by atoms with Crippen molar-refractivity contribution in [3.63, 3.8) is 0 Å². The van der Waals surface area contributed by atoms with Gasteiger partial charge in [-0.05, 0) is 50.7 Å². The van der Waals surface area contributed by atoms with E-state index >= 15 is 0 Å². The van der Waals surface area contributed by atoms with Crippen LogP contribution in [0.3, 0.4) is 0 Å². The van der Waals surface area contributed by atoms with Crippen LogP contribution in [0.15, 0.2) is 22.0 Å². The summed E-state index contributed by atoms with van der Waals surface area (Å²) in [7, 11) is 0. The first-order chi connectivity index (χ1) is 5.70. The predicted octanol–water partition coefficient (Wildman–Crippen LogP) is 3.97. The molecule has 0 radical (unpaired) electrons. The maximum atomic E-state index is 9.41. The summed E-state index contributed by atoms with van der Waals surface area (Å²) in [5.41, 5.74) is 0. The summed E-state index contributed by atoms with van der Waals surface area (Å²) in [6.07, 6.45) is 0. The first-order valence-corrected chi connectivity index (χ1v) is 5.99. The number of phenols is 1. The summed E-state index contributed by atoms with van der Waals surface area (Å²) >= 11 is 7.25. The molecule has 0 saturated heterocycles. The minimum absolute atomic E-state index is 0.359. The highest BCUT2D eigenvalue weighted by Gasteiger charge is 2.07. The standard InChI is InChI=1S/C8H4BrIOS/c9-5-3-12-8-4(5)1-2-6(11)7(8)10/h1-3,11H. The van der Waals surface area contributed by atoms with Gasteiger partial charge in [-0.3, -0.25) is 0 Å². The molecule has 2 rings (SSSR count). The number of rotatable bonds is 0. The maximum absolute atomic E-state index is 9.41. The fourth-order valence-electron chi connectivity index (χ4n) is 1.02. The molecule has 0 spiro atoms. The van der Waals surface area contributed by atoms with Crippen LogP contribution in [0.25, 0.3) is 10.1 Å². The van der Waals surface area contributed by atoms with Gasteiger partial charge in [-0.1, -0.05) is 0 Å². The first-order valence-electron chi connectivity index (χ1n) is 3.24. The van der Waals surface area contributed by atoms with Crippen LogP contribution in [-0.2, 0) is 0 Å². The fraction of sp³-hybridized carbons (Fsp3) is 0. The van der Waals surface area contributed by atoms with E-state index in [0.29, 0.717) is 5.75 Å². The van der Waals surface area contributed by atoms with Crippen molar-refractivity contribution in [3.05, 3.63) is 25.6 Å². The summed E-state index contributed by atoms with van der Waals surface area (Å²) in [5.74, 6) is 0.359. The lowest BCUT2D eigenvalue weighted by atomic mass is 10.2. The SMILES string of the molecule is Oc1ccc2c(Br)csc2c1I. The summed E-state index contributed by atoms with van der Waals surface area (Å²) < 4.78 is 3.17. The normalized spacial score (nSPS) is 10.8. The zero-order valence-corrected chi connectivity index (χ0v) is 10.4. The van der Waals surface area contributed by atoms with Crippen LogP contribution in [0.1, 0.15) is 0 Å². The van der Waals surface area contributed by atoms with E-state index in [9.17, 15) is 5.11 Å². The highest BCUT2D eigenvalue weighted by Crippen LogP contribution is 2.37. The smallest absolute Gasteiger partial charge is 0.130 e. The van der Waals surface area contributed by atoms with Gasteiger partial charge in [-0.25, -0.2) is 0 Å². The highest BCUT2D eigenvalue weighted by atomic mass is 127. The molecular weight excluding hydrogens is 351 g/mol. The highest BCUT2D eigenvalue weighted by molar-refractivity contribution is 14.1. The molecule has 62 valence electrons. The van der Waals surface area contributed by atoms with Crippen LogP contribution in [-0.4, -0.2) is 5.11 Å². The zero-order valence-electron chi connectivity index (χ0n) is 5.84. The molecule has 1 aromatic carbocycles. The number of hydrogen-bond donors (Lipinski definition) is 1. The minimum atomic E-state index is 0.359. The largest absolute Gasteiger partial charge is 0.507 e. The Morgan fingerprint density at radius 3 is 2.92 bits per heavy atom. The van der Waals surface area contributed by atoms with Gasteiger partial charge in [0.1, 0.15) is 5.75 Å². The average Bonchev–Trinajstić information content (AvgIpc) is 2.41. The summed E-state index contributed by atoms with van der Waals surface area (Å²) in [5, 5.41) is 12.6. The number of halogens is 2. The van der Waals surface area contributed by atoms with Crippen LogP contribution in [0, 0.1) is 3.57 Å². The lowest BCUT2D eigenvalue weighted by molar-refractivity contribution is 0.472. The van der Waals surface area contributed by atoms with Gasteiger partial charge >= 0.3 is 0 Å². The molecule has 0 aliphatic carbocycles.